The highest BCUT2D eigenvalue weighted by Crippen LogP contribution is 2.11. The van der Waals surface area contributed by atoms with Gasteiger partial charge in [-0.15, -0.1) is 0 Å². The monoisotopic (exact) mass is 271 g/mol. The Morgan fingerprint density at radius 2 is 1.70 bits per heavy atom. The van der Waals surface area contributed by atoms with Gasteiger partial charge in [-0.2, -0.15) is 0 Å². The molecular formula is C13H17N7. The molecular weight excluding hydrogens is 254 g/mol. The molecule has 2 aromatic rings. The van der Waals surface area contributed by atoms with Gasteiger partial charge in [0, 0.05) is 45.1 Å². The van der Waals surface area contributed by atoms with Gasteiger partial charge in [0.25, 0.3) is 0 Å². The summed E-state index contributed by atoms with van der Waals surface area (Å²) in [5.74, 6) is 1.26. The zero-order valence-corrected chi connectivity index (χ0v) is 11.2. The summed E-state index contributed by atoms with van der Waals surface area (Å²) >= 11 is 0. The van der Waals surface area contributed by atoms with Crippen LogP contribution in [0.15, 0.2) is 30.9 Å². The van der Waals surface area contributed by atoms with Crippen molar-refractivity contribution in [2.45, 2.75) is 6.54 Å². The molecule has 0 unspecified atom stereocenters. The van der Waals surface area contributed by atoms with Gasteiger partial charge >= 0.3 is 0 Å². The number of nitrogen functional groups attached to an aromatic ring is 1. The average Bonchev–Trinajstić information content (AvgIpc) is 2.51. The van der Waals surface area contributed by atoms with Crippen LogP contribution in [0, 0.1) is 0 Å². The van der Waals surface area contributed by atoms with E-state index in [0.717, 1.165) is 44.4 Å². The van der Waals surface area contributed by atoms with Crippen LogP contribution in [0.1, 0.15) is 5.69 Å². The van der Waals surface area contributed by atoms with E-state index in [4.69, 9.17) is 5.73 Å². The van der Waals surface area contributed by atoms with Gasteiger partial charge in [0.15, 0.2) is 0 Å². The number of hydrogen-bond donors (Lipinski definition) is 1. The molecule has 0 radical (unpaired) electrons. The van der Waals surface area contributed by atoms with Crippen molar-refractivity contribution in [2.24, 2.45) is 0 Å². The second-order valence-corrected chi connectivity index (χ2v) is 4.74. The van der Waals surface area contributed by atoms with Gasteiger partial charge in [0.1, 0.15) is 5.82 Å². The van der Waals surface area contributed by atoms with Gasteiger partial charge in [0.2, 0.25) is 5.95 Å². The first-order chi connectivity index (χ1) is 9.81. The van der Waals surface area contributed by atoms with Crippen LogP contribution in [0.25, 0.3) is 0 Å². The summed E-state index contributed by atoms with van der Waals surface area (Å²) in [6, 6.07) is 1.83. The van der Waals surface area contributed by atoms with Crippen molar-refractivity contribution in [1.29, 1.82) is 0 Å². The van der Waals surface area contributed by atoms with Gasteiger partial charge in [-0.3, -0.25) is 9.88 Å². The van der Waals surface area contributed by atoms with Gasteiger partial charge in [0.05, 0.1) is 18.1 Å². The number of anilines is 2. The standard InChI is InChI=1S/C13H17N7/c14-12-9-17-11(8-18-12)10-19-4-6-20(7-5-19)13-15-2-1-3-16-13/h1-3,8-9H,4-7,10H2,(H2,14,18). The van der Waals surface area contributed by atoms with Crippen molar-refractivity contribution in [3.05, 3.63) is 36.5 Å². The summed E-state index contributed by atoms with van der Waals surface area (Å²) in [5.41, 5.74) is 6.48. The van der Waals surface area contributed by atoms with E-state index in [9.17, 15) is 0 Å². The lowest BCUT2D eigenvalue weighted by molar-refractivity contribution is 0.245. The third-order valence-electron chi connectivity index (χ3n) is 3.32. The average molecular weight is 271 g/mol. The van der Waals surface area contributed by atoms with Crippen molar-refractivity contribution in [3.63, 3.8) is 0 Å². The molecule has 1 aliphatic heterocycles. The summed E-state index contributed by atoms with van der Waals surface area (Å²) in [6.45, 7) is 4.57. The molecule has 1 aliphatic rings. The van der Waals surface area contributed by atoms with E-state index in [1.165, 1.54) is 0 Å². The molecule has 2 aromatic heterocycles. The van der Waals surface area contributed by atoms with Crippen LogP contribution < -0.4 is 10.6 Å². The van der Waals surface area contributed by atoms with Gasteiger partial charge < -0.3 is 10.6 Å². The Morgan fingerprint density at radius 1 is 0.950 bits per heavy atom. The van der Waals surface area contributed by atoms with Gasteiger partial charge in [-0.25, -0.2) is 15.0 Å². The van der Waals surface area contributed by atoms with Crippen LogP contribution in [-0.2, 0) is 6.54 Å². The summed E-state index contributed by atoms with van der Waals surface area (Å²) < 4.78 is 0. The van der Waals surface area contributed by atoms with Crippen molar-refractivity contribution >= 4 is 11.8 Å². The minimum atomic E-state index is 0.458. The fourth-order valence-corrected chi connectivity index (χ4v) is 2.24. The van der Waals surface area contributed by atoms with Gasteiger partial charge in [-0.05, 0) is 6.07 Å². The van der Waals surface area contributed by atoms with E-state index >= 15 is 0 Å². The summed E-state index contributed by atoms with van der Waals surface area (Å²) in [4.78, 5) is 21.5. The molecule has 0 atom stereocenters. The molecule has 7 heteroatoms. The van der Waals surface area contributed by atoms with Crippen molar-refractivity contribution in [1.82, 2.24) is 24.8 Å². The molecule has 0 spiro atoms. The van der Waals surface area contributed by atoms with E-state index in [-0.39, 0.29) is 0 Å². The van der Waals surface area contributed by atoms with Crippen LogP contribution >= 0.6 is 0 Å². The molecule has 20 heavy (non-hydrogen) atoms. The fraction of sp³-hybridized carbons (Fsp3) is 0.385. The Labute approximate surface area is 117 Å². The van der Waals surface area contributed by atoms with E-state index in [2.05, 4.69) is 29.7 Å². The molecule has 7 nitrogen and oxygen atoms in total. The second kappa shape index (κ2) is 5.79. The smallest absolute Gasteiger partial charge is 0.225 e. The highest BCUT2D eigenvalue weighted by Gasteiger charge is 2.18. The molecule has 3 rings (SSSR count). The zero-order valence-electron chi connectivity index (χ0n) is 11.2. The van der Waals surface area contributed by atoms with E-state index in [0.29, 0.717) is 5.82 Å². The fourth-order valence-electron chi connectivity index (χ4n) is 2.24. The molecule has 104 valence electrons. The zero-order chi connectivity index (χ0) is 13.8. The highest BCUT2D eigenvalue weighted by molar-refractivity contribution is 5.29. The number of nitrogens with two attached hydrogens (primary N) is 1. The van der Waals surface area contributed by atoms with Crippen LogP contribution in [-0.4, -0.2) is 51.0 Å². The third kappa shape index (κ3) is 3.00. The molecule has 0 aromatic carbocycles. The Kier molecular flexibility index (Phi) is 3.69. The number of nitrogens with zero attached hydrogens (tertiary/aromatic N) is 6. The highest BCUT2D eigenvalue weighted by atomic mass is 15.3. The molecule has 3 heterocycles. The maximum atomic E-state index is 5.53. The quantitative estimate of drug-likeness (QED) is 0.851. The number of hydrogen-bond acceptors (Lipinski definition) is 7. The molecule has 0 amide bonds. The SMILES string of the molecule is Nc1cnc(CN2CCN(c3ncccn3)CC2)cn1. The molecule has 2 N–H and O–H groups in total. The first-order valence-electron chi connectivity index (χ1n) is 6.62. The Balaban J connectivity index is 1.55. The van der Waals surface area contributed by atoms with Crippen LogP contribution in [0.2, 0.25) is 0 Å². The molecule has 0 saturated carbocycles. The lowest BCUT2D eigenvalue weighted by atomic mass is 10.3. The Morgan fingerprint density at radius 3 is 2.35 bits per heavy atom. The summed E-state index contributed by atoms with van der Waals surface area (Å²) in [7, 11) is 0. The Hall–Kier alpha value is -2.28. The topological polar surface area (TPSA) is 84.1 Å². The molecule has 0 aliphatic carbocycles. The first-order valence-corrected chi connectivity index (χ1v) is 6.62. The lowest BCUT2D eigenvalue weighted by Crippen LogP contribution is -2.46. The molecule has 1 saturated heterocycles. The lowest BCUT2D eigenvalue weighted by Gasteiger charge is -2.34. The second-order valence-electron chi connectivity index (χ2n) is 4.74. The maximum absolute atomic E-state index is 5.53. The van der Waals surface area contributed by atoms with Crippen molar-refractivity contribution in [2.75, 3.05) is 36.8 Å². The molecule has 0 bridgehead atoms. The van der Waals surface area contributed by atoms with E-state index in [1.54, 1.807) is 24.8 Å². The first kappa shape index (κ1) is 12.7. The number of rotatable bonds is 3. The predicted octanol–water partition coefficient (Wildman–Crippen LogP) is 0.171. The Bertz CT molecular complexity index is 534. The van der Waals surface area contributed by atoms with Crippen LogP contribution in [0.3, 0.4) is 0 Å². The summed E-state index contributed by atoms with van der Waals surface area (Å²) in [5, 5.41) is 0. The third-order valence-corrected chi connectivity index (χ3v) is 3.32. The number of aromatic nitrogens is 4. The van der Waals surface area contributed by atoms with Crippen LogP contribution in [0.5, 0.6) is 0 Å². The maximum Gasteiger partial charge on any atom is 0.225 e. The van der Waals surface area contributed by atoms with E-state index < -0.39 is 0 Å². The van der Waals surface area contributed by atoms with Crippen molar-refractivity contribution in [3.8, 4) is 0 Å². The molecule has 1 fully saturated rings. The predicted molar refractivity (Wildman–Crippen MR) is 76.0 cm³/mol. The van der Waals surface area contributed by atoms with Crippen LogP contribution in [0.4, 0.5) is 11.8 Å². The van der Waals surface area contributed by atoms with Gasteiger partial charge in [-0.1, -0.05) is 0 Å². The number of piperazine rings is 1. The normalized spacial score (nSPS) is 16.3. The minimum absolute atomic E-state index is 0.458. The summed E-state index contributed by atoms with van der Waals surface area (Å²) in [6.07, 6.45) is 6.89. The largest absolute Gasteiger partial charge is 0.382 e. The van der Waals surface area contributed by atoms with Crippen molar-refractivity contribution < 1.29 is 0 Å². The minimum Gasteiger partial charge on any atom is -0.382 e. The van der Waals surface area contributed by atoms with E-state index in [1.807, 2.05) is 6.07 Å².